The summed E-state index contributed by atoms with van der Waals surface area (Å²) < 4.78 is 38.9. The molecule has 2 aromatic rings. The lowest BCUT2D eigenvalue weighted by atomic mass is 10.1. The second-order valence-corrected chi connectivity index (χ2v) is 6.86. The van der Waals surface area contributed by atoms with Crippen molar-refractivity contribution < 1.29 is 37.4 Å². The van der Waals surface area contributed by atoms with Crippen LogP contribution in [0.3, 0.4) is 0 Å². The molecule has 0 heterocycles. The largest absolute Gasteiger partial charge is 0.476 e. The van der Waals surface area contributed by atoms with Gasteiger partial charge in [0.15, 0.2) is 12.2 Å². The SMILES string of the molecule is CC(C)(Oc1ccc(Cl)cc1)C(=O)OCC(=O)NC(=O)c1ccc(OC(F)F)cc1. The molecule has 0 aliphatic carbocycles. The molecule has 0 atom stereocenters. The second-order valence-electron chi connectivity index (χ2n) is 6.42. The molecule has 0 aliphatic heterocycles. The molecule has 0 unspecified atom stereocenters. The first-order valence-corrected chi connectivity index (χ1v) is 8.95. The predicted molar refractivity (Wildman–Crippen MR) is 103 cm³/mol. The van der Waals surface area contributed by atoms with Crippen molar-refractivity contribution in [3.05, 3.63) is 59.1 Å². The van der Waals surface area contributed by atoms with Gasteiger partial charge in [0.1, 0.15) is 11.5 Å². The Kier molecular flexibility index (Phi) is 7.71. The molecule has 2 aromatic carbocycles. The lowest BCUT2D eigenvalue weighted by molar-refractivity contribution is -0.161. The minimum atomic E-state index is -2.99. The van der Waals surface area contributed by atoms with Crippen LogP contribution in [0, 0.1) is 0 Å². The van der Waals surface area contributed by atoms with Gasteiger partial charge in [-0.2, -0.15) is 8.78 Å². The number of alkyl halides is 2. The van der Waals surface area contributed by atoms with Crippen LogP contribution in [-0.4, -0.2) is 36.6 Å². The van der Waals surface area contributed by atoms with Gasteiger partial charge in [0, 0.05) is 10.6 Å². The maximum Gasteiger partial charge on any atom is 0.387 e. The van der Waals surface area contributed by atoms with Crippen molar-refractivity contribution in [3.63, 3.8) is 0 Å². The zero-order chi connectivity index (χ0) is 22.3. The molecule has 10 heteroatoms. The number of hydrogen-bond donors (Lipinski definition) is 1. The molecule has 0 fully saturated rings. The molecule has 0 radical (unpaired) electrons. The molecule has 0 aliphatic rings. The van der Waals surface area contributed by atoms with E-state index in [2.05, 4.69) is 4.74 Å². The zero-order valence-corrected chi connectivity index (χ0v) is 16.7. The Bertz CT molecular complexity index is 901. The number of benzene rings is 2. The van der Waals surface area contributed by atoms with Gasteiger partial charge in [-0.3, -0.25) is 14.9 Å². The third-order valence-corrected chi connectivity index (χ3v) is 3.86. The van der Waals surface area contributed by atoms with E-state index in [0.717, 1.165) is 12.1 Å². The smallest absolute Gasteiger partial charge is 0.387 e. The Morgan fingerprint density at radius 2 is 1.57 bits per heavy atom. The third-order valence-electron chi connectivity index (χ3n) is 3.61. The molecule has 2 rings (SSSR count). The van der Waals surface area contributed by atoms with Gasteiger partial charge >= 0.3 is 12.6 Å². The van der Waals surface area contributed by atoms with E-state index < -0.39 is 36.6 Å². The van der Waals surface area contributed by atoms with Gasteiger partial charge in [0.2, 0.25) is 0 Å². The summed E-state index contributed by atoms with van der Waals surface area (Å²) in [5.41, 5.74) is -1.37. The Labute approximate surface area is 175 Å². The Hall–Kier alpha value is -3.20. The van der Waals surface area contributed by atoms with E-state index in [1.807, 2.05) is 5.32 Å². The second kappa shape index (κ2) is 10.0. The fraction of sp³-hybridized carbons (Fsp3) is 0.250. The molecule has 2 amide bonds. The van der Waals surface area contributed by atoms with Crippen molar-refractivity contribution in [1.29, 1.82) is 0 Å². The Morgan fingerprint density at radius 1 is 1.00 bits per heavy atom. The number of ether oxygens (including phenoxy) is 3. The van der Waals surface area contributed by atoms with Gasteiger partial charge in [-0.25, -0.2) is 4.79 Å². The first-order valence-electron chi connectivity index (χ1n) is 8.57. The monoisotopic (exact) mass is 441 g/mol. The van der Waals surface area contributed by atoms with Crippen LogP contribution in [-0.2, 0) is 14.3 Å². The average Bonchev–Trinajstić information content (AvgIpc) is 2.67. The summed E-state index contributed by atoms with van der Waals surface area (Å²) in [4.78, 5) is 36.1. The minimum absolute atomic E-state index is 0.0303. The van der Waals surface area contributed by atoms with E-state index in [9.17, 15) is 23.2 Å². The molecule has 0 saturated heterocycles. The Balaban J connectivity index is 1.84. The molecule has 0 spiro atoms. The highest BCUT2D eigenvalue weighted by molar-refractivity contribution is 6.30. The highest BCUT2D eigenvalue weighted by atomic mass is 35.5. The predicted octanol–water partition coefficient (Wildman–Crippen LogP) is 3.60. The summed E-state index contributed by atoms with van der Waals surface area (Å²) in [5, 5.41) is 2.52. The average molecular weight is 442 g/mol. The standard InChI is InChI=1S/C20H18ClF2NO6/c1-20(2,30-15-9-5-13(21)6-10-15)18(27)28-11-16(25)24-17(26)12-3-7-14(8-4-12)29-19(22)23/h3-10,19H,11H2,1-2H3,(H,24,25,26). The summed E-state index contributed by atoms with van der Waals surface area (Å²) >= 11 is 5.79. The van der Waals surface area contributed by atoms with Gasteiger partial charge < -0.3 is 14.2 Å². The van der Waals surface area contributed by atoms with E-state index in [4.69, 9.17) is 21.1 Å². The number of amides is 2. The normalized spacial score (nSPS) is 11.0. The van der Waals surface area contributed by atoms with Crippen molar-refractivity contribution in [2.75, 3.05) is 6.61 Å². The molecule has 1 N–H and O–H groups in total. The van der Waals surface area contributed by atoms with E-state index >= 15 is 0 Å². The fourth-order valence-corrected chi connectivity index (χ4v) is 2.29. The van der Waals surface area contributed by atoms with Crippen LogP contribution in [0.15, 0.2) is 48.5 Å². The van der Waals surface area contributed by atoms with E-state index in [0.29, 0.717) is 10.8 Å². The topological polar surface area (TPSA) is 90.9 Å². The van der Waals surface area contributed by atoms with Crippen molar-refractivity contribution >= 4 is 29.4 Å². The number of carbonyl (C=O) groups is 3. The van der Waals surface area contributed by atoms with E-state index in [1.54, 1.807) is 24.3 Å². The maximum atomic E-state index is 12.2. The number of esters is 1. The highest BCUT2D eigenvalue weighted by Gasteiger charge is 2.32. The minimum Gasteiger partial charge on any atom is -0.476 e. The first-order chi connectivity index (χ1) is 14.1. The van der Waals surface area contributed by atoms with Gasteiger partial charge in [0.05, 0.1) is 0 Å². The van der Waals surface area contributed by atoms with Crippen molar-refractivity contribution in [2.24, 2.45) is 0 Å². The van der Waals surface area contributed by atoms with Crippen LogP contribution >= 0.6 is 11.6 Å². The number of nitrogens with one attached hydrogen (secondary N) is 1. The maximum absolute atomic E-state index is 12.2. The number of rotatable bonds is 8. The summed E-state index contributed by atoms with van der Waals surface area (Å²) in [5.74, 6) is -2.25. The summed E-state index contributed by atoms with van der Waals surface area (Å²) in [7, 11) is 0. The number of imide groups is 1. The fourth-order valence-electron chi connectivity index (χ4n) is 2.17. The highest BCUT2D eigenvalue weighted by Crippen LogP contribution is 2.21. The summed E-state index contributed by atoms with van der Waals surface area (Å²) in [6.45, 7) is -0.801. The molecule has 0 bridgehead atoms. The molecule has 30 heavy (non-hydrogen) atoms. The summed E-state index contributed by atoms with van der Waals surface area (Å²) in [6.07, 6.45) is 0. The van der Waals surface area contributed by atoms with Crippen LogP contribution in [0.4, 0.5) is 8.78 Å². The van der Waals surface area contributed by atoms with Crippen molar-refractivity contribution in [3.8, 4) is 11.5 Å². The van der Waals surface area contributed by atoms with Gasteiger partial charge in [-0.15, -0.1) is 0 Å². The molecule has 0 aromatic heterocycles. The van der Waals surface area contributed by atoms with Crippen molar-refractivity contribution in [1.82, 2.24) is 5.32 Å². The van der Waals surface area contributed by atoms with Crippen LogP contribution < -0.4 is 14.8 Å². The number of carbonyl (C=O) groups excluding carboxylic acids is 3. The zero-order valence-electron chi connectivity index (χ0n) is 16.0. The first kappa shape index (κ1) is 23.1. The third kappa shape index (κ3) is 7.00. The molecular formula is C20H18ClF2NO6. The quantitative estimate of drug-likeness (QED) is 0.629. The lowest BCUT2D eigenvalue weighted by Gasteiger charge is -2.24. The van der Waals surface area contributed by atoms with E-state index in [1.165, 1.54) is 26.0 Å². The number of hydrogen-bond acceptors (Lipinski definition) is 6. The van der Waals surface area contributed by atoms with Gasteiger partial charge in [-0.05, 0) is 62.4 Å². The molecule has 0 saturated carbocycles. The van der Waals surface area contributed by atoms with Gasteiger partial charge in [-0.1, -0.05) is 11.6 Å². The van der Waals surface area contributed by atoms with E-state index in [-0.39, 0.29) is 11.3 Å². The number of halogens is 3. The van der Waals surface area contributed by atoms with Crippen LogP contribution in [0.5, 0.6) is 11.5 Å². The lowest BCUT2D eigenvalue weighted by Crippen LogP contribution is -2.42. The molecular weight excluding hydrogens is 424 g/mol. The van der Waals surface area contributed by atoms with Crippen LogP contribution in [0.1, 0.15) is 24.2 Å². The van der Waals surface area contributed by atoms with Crippen LogP contribution in [0.2, 0.25) is 5.02 Å². The van der Waals surface area contributed by atoms with Crippen molar-refractivity contribution in [2.45, 2.75) is 26.1 Å². The van der Waals surface area contributed by atoms with Crippen LogP contribution in [0.25, 0.3) is 0 Å². The molecule has 7 nitrogen and oxygen atoms in total. The molecule has 160 valence electrons. The van der Waals surface area contributed by atoms with Gasteiger partial charge in [0.25, 0.3) is 11.8 Å². The Morgan fingerprint density at radius 3 is 2.13 bits per heavy atom. The summed E-state index contributed by atoms with van der Waals surface area (Å²) in [6, 6.07) is 11.0.